The van der Waals surface area contributed by atoms with Crippen LogP contribution < -0.4 is 0 Å². The van der Waals surface area contributed by atoms with Gasteiger partial charge >= 0.3 is 0 Å². The van der Waals surface area contributed by atoms with Crippen LogP contribution in [0.1, 0.15) is 21.9 Å². The van der Waals surface area contributed by atoms with Crippen molar-refractivity contribution >= 4 is 21.7 Å². The predicted molar refractivity (Wildman–Crippen MR) is 65.7 cm³/mol. The summed E-state index contributed by atoms with van der Waals surface area (Å²) in [6.45, 7) is 1.89. The average molecular weight is 295 g/mol. The van der Waals surface area contributed by atoms with Gasteiger partial charge in [0.1, 0.15) is 5.69 Å². The second kappa shape index (κ2) is 4.75. The van der Waals surface area contributed by atoms with Gasteiger partial charge in [0, 0.05) is 19.4 Å². The summed E-state index contributed by atoms with van der Waals surface area (Å²) in [6, 6.07) is 0. The number of Topliss-reactive ketones (excluding diaryl/α,β-unsaturated/α-hetero) is 1. The van der Waals surface area contributed by atoms with E-state index in [2.05, 4.69) is 31.0 Å². The van der Waals surface area contributed by atoms with Crippen molar-refractivity contribution in [2.45, 2.75) is 13.3 Å². The molecule has 2 rings (SSSR count). The fourth-order valence-corrected chi connectivity index (χ4v) is 2.03. The van der Waals surface area contributed by atoms with E-state index in [-0.39, 0.29) is 12.2 Å². The quantitative estimate of drug-likeness (QED) is 0.809. The molecular weight excluding hydrogens is 284 g/mol. The summed E-state index contributed by atoms with van der Waals surface area (Å²) in [4.78, 5) is 19.8. The zero-order chi connectivity index (χ0) is 12.4. The first-order valence-electron chi connectivity index (χ1n) is 5.06. The van der Waals surface area contributed by atoms with E-state index in [1.165, 1.54) is 12.4 Å². The lowest BCUT2D eigenvalue weighted by molar-refractivity contribution is 0.0985. The van der Waals surface area contributed by atoms with Crippen molar-refractivity contribution in [2.24, 2.45) is 7.05 Å². The van der Waals surface area contributed by atoms with E-state index < -0.39 is 0 Å². The summed E-state index contributed by atoms with van der Waals surface area (Å²) < 4.78 is 2.57. The second-order valence-electron chi connectivity index (χ2n) is 3.66. The maximum absolute atomic E-state index is 12.0. The fraction of sp³-hybridized carbons (Fsp3) is 0.273. The van der Waals surface area contributed by atoms with Gasteiger partial charge in [-0.15, -0.1) is 0 Å². The standard InChI is InChI=1S/C11H11BrN4O/c1-7-11(12)9(16(2)15-7)5-10(17)8-6-13-3-4-14-8/h3-4,6H,5H2,1-2H3. The molecule has 2 heterocycles. The van der Waals surface area contributed by atoms with Crippen LogP contribution in [0.15, 0.2) is 23.1 Å². The molecule has 0 unspecified atom stereocenters. The summed E-state index contributed by atoms with van der Waals surface area (Å²) >= 11 is 3.43. The molecule has 6 heteroatoms. The van der Waals surface area contributed by atoms with Crippen LogP contribution >= 0.6 is 15.9 Å². The number of carbonyl (C=O) groups is 1. The minimum absolute atomic E-state index is 0.0678. The Morgan fingerprint density at radius 2 is 2.24 bits per heavy atom. The lowest BCUT2D eigenvalue weighted by atomic mass is 10.1. The highest BCUT2D eigenvalue weighted by Gasteiger charge is 2.16. The maximum Gasteiger partial charge on any atom is 0.188 e. The molecule has 17 heavy (non-hydrogen) atoms. The predicted octanol–water partition coefficient (Wildman–Crippen LogP) is 1.71. The first kappa shape index (κ1) is 11.9. The van der Waals surface area contributed by atoms with E-state index in [4.69, 9.17) is 0 Å². The van der Waals surface area contributed by atoms with Crippen LogP contribution in [-0.2, 0) is 13.5 Å². The Bertz CT molecular complexity index is 550. The van der Waals surface area contributed by atoms with Gasteiger partial charge in [-0.1, -0.05) is 0 Å². The Hall–Kier alpha value is -1.56. The molecule has 0 aliphatic carbocycles. The van der Waals surface area contributed by atoms with Gasteiger partial charge in [0.2, 0.25) is 0 Å². The smallest absolute Gasteiger partial charge is 0.188 e. The molecule has 0 saturated heterocycles. The number of ketones is 1. The van der Waals surface area contributed by atoms with Gasteiger partial charge in [-0.25, -0.2) is 4.98 Å². The first-order valence-corrected chi connectivity index (χ1v) is 5.86. The van der Waals surface area contributed by atoms with Crippen molar-refractivity contribution in [3.8, 4) is 0 Å². The Morgan fingerprint density at radius 3 is 2.76 bits per heavy atom. The molecule has 2 aromatic heterocycles. The lowest BCUT2D eigenvalue weighted by Gasteiger charge is -2.01. The summed E-state index contributed by atoms with van der Waals surface area (Å²) in [5.41, 5.74) is 2.09. The van der Waals surface area contributed by atoms with E-state index in [1.807, 2.05) is 14.0 Å². The van der Waals surface area contributed by atoms with Crippen molar-refractivity contribution in [1.29, 1.82) is 0 Å². The number of halogens is 1. The van der Waals surface area contributed by atoms with E-state index in [1.54, 1.807) is 10.9 Å². The highest BCUT2D eigenvalue weighted by Crippen LogP contribution is 2.21. The zero-order valence-electron chi connectivity index (χ0n) is 9.51. The Balaban J connectivity index is 2.25. The summed E-state index contributed by atoms with van der Waals surface area (Å²) in [7, 11) is 1.82. The molecule has 0 aromatic carbocycles. The fourth-order valence-electron chi connectivity index (χ4n) is 1.56. The molecule has 0 atom stereocenters. The number of rotatable bonds is 3. The van der Waals surface area contributed by atoms with Crippen LogP contribution in [0.4, 0.5) is 0 Å². The second-order valence-corrected chi connectivity index (χ2v) is 4.45. The third-order valence-corrected chi connectivity index (χ3v) is 3.47. The van der Waals surface area contributed by atoms with E-state index in [0.29, 0.717) is 5.69 Å². The largest absolute Gasteiger partial charge is 0.292 e. The average Bonchev–Trinajstić information content (AvgIpc) is 2.57. The topological polar surface area (TPSA) is 60.7 Å². The number of aryl methyl sites for hydroxylation is 2. The molecule has 2 aromatic rings. The summed E-state index contributed by atoms with van der Waals surface area (Å²) in [5.74, 6) is -0.0678. The minimum atomic E-state index is -0.0678. The molecule has 0 fully saturated rings. The number of hydrogen-bond donors (Lipinski definition) is 0. The normalized spacial score (nSPS) is 10.5. The Kier molecular flexibility index (Phi) is 3.33. The maximum atomic E-state index is 12.0. The monoisotopic (exact) mass is 294 g/mol. The van der Waals surface area contributed by atoms with Gasteiger partial charge in [-0.2, -0.15) is 5.10 Å². The van der Waals surface area contributed by atoms with E-state index >= 15 is 0 Å². The molecule has 0 saturated carbocycles. The highest BCUT2D eigenvalue weighted by atomic mass is 79.9. The molecule has 88 valence electrons. The summed E-state index contributed by atoms with van der Waals surface area (Å²) in [6.07, 6.45) is 4.79. The molecule has 0 amide bonds. The van der Waals surface area contributed by atoms with Gasteiger partial charge in [0.05, 0.1) is 28.5 Å². The van der Waals surface area contributed by atoms with Crippen molar-refractivity contribution < 1.29 is 4.79 Å². The molecule has 0 aliphatic heterocycles. The number of nitrogens with zero attached hydrogens (tertiary/aromatic N) is 4. The number of carbonyl (C=O) groups excluding carboxylic acids is 1. The Labute approximate surface area is 107 Å². The van der Waals surface area contributed by atoms with Crippen LogP contribution in [0.25, 0.3) is 0 Å². The molecule has 0 radical (unpaired) electrons. The van der Waals surface area contributed by atoms with Crippen LogP contribution in [0, 0.1) is 6.92 Å². The van der Waals surface area contributed by atoms with Crippen molar-refractivity contribution in [3.05, 3.63) is 40.1 Å². The van der Waals surface area contributed by atoms with Gasteiger partial charge in [0.25, 0.3) is 0 Å². The van der Waals surface area contributed by atoms with Crippen molar-refractivity contribution in [1.82, 2.24) is 19.7 Å². The van der Waals surface area contributed by atoms with Gasteiger partial charge in [0.15, 0.2) is 5.78 Å². The van der Waals surface area contributed by atoms with E-state index in [0.717, 1.165) is 15.9 Å². The first-order chi connectivity index (χ1) is 8.09. The molecule has 0 spiro atoms. The van der Waals surface area contributed by atoms with Crippen molar-refractivity contribution in [2.75, 3.05) is 0 Å². The highest BCUT2D eigenvalue weighted by molar-refractivity contribution is 9.10. The Morgan fingerprint density at radius 1 is 1.47 bits per heavy atom. The number of hydrogen-bond acceptors (Lipinski definition) is 4. The zero-order valence-corrected chi connectivity index (χ0v) is 11.1. The molecular formula is C11H11BrN4O. The van der Waals surface area contributed by atoms with Crippen LogP contribution in [0.5, 0.6) is 0 Å². The van der Waals surface area contributed by atoms with Crippen LogP contribution in [-0.4, -0.2) is 25.5 Å². The molecule has 0 aliphatic rings. The van der Waals surface area contributed by atoms with Crippen molar-refractivity contribution in [3.63, 3.8) is 0 Å². The van der Waals surface area contributed by atoms with Gasteiger partial charge in [-0.3, -0.25) is 14.5 Å². The molecule has 0 N–H and O–H groups in total. The van der Waals surface area contributed by atoms with Gasteiger partial charge < -0.3 is 0 Å². The van der Waals surface area contributed by atoms with Crippen LogP contribution in [0.2, 0.25) is 0 Å². The summed E-state index contributed by atoms with van der Waals surface area (Å²) in [5, 5.41) is 4.24. The molecule has 0 bridgehead atoms. The lowest BCUT2D eigenvalue weighted by Crippen LogP contribution is -2.10. The van der Waals surface area contributed by atoms with Gasteiger partial charge in [-0.05, 0) is 22.9 Å². The third-order valence-electron chi connectivity index (χ3n) is 2.44. The van der Waals surface area contributed by atoms with E-state index in [9.17, 15) is 4.79 Å². The number of aromatic nitrogens is 4. The SMILES string of the molecule is Cc1nn(C)c(CC(=O)c2cnccn2)c1Br. The van der Waals surface area contributed by atoms with Crippen LogP contribution in [0.3, 0.4) is 0 Å². The minimum Gasteiger partial charge on any atom is -0.292 e. The molecule has 5 nitrogen and oxygen atoms in total. The third kappa shape index (κ3) is 2.41.